The third-order valence-corrected chi connectivity index (χ3v) is 5.05. The zero-order valence-corrected chi connectivity index (χ0v) is 16.9. The van der Waals surface area contributed by atoms with Crippen molar-refractivity contribution in [1.82, 2.24) is 10.2 Å². The lowest BCUT2D eigenvalue weighted by Crippen LogP contribution is -2.53. The Bertz CT molecular complexity index is 655. The number of benzene rings is 1. The zero-order chi connectivity index (χ0) is 20.0. The summed E-state index contributed by atoms with van der Waals surface area (Å²) in [6.07, 6.45) is 3.27. The van der Waals surface area contributed by atoms with Crippen molar-refractivity contribution in [2.45, 2.75) is 53.0 Å². The molecule has 0 aromatic heterocycles. The number of hydrogen-bond acceptors (Lipinski definition) is 3. The van der Waals surface area contributed by atoms with Crippen LogP contribution in [0.5, 0.6) is 0 Å². The molecule has 1 aromatic carbocycles. The van der Waals surface area contributed by atoms with Crippen LogP contribution in [0.25, 0.3) is 0 Å². The fraction of sp³-hybridized carbons (Fsp3) is 0.619. The van der Waals surface area contributed by atoms with Gasteiger partial charge in [-0.2, -0.15) is 0 Å². The van der Waals surface area contributed by atoms with Crippen molar-refractivity contribution < 1.29 is 14.0 Å². The van der Waals surface area contributed by atoms with Crippen molar-refractivity contribution in [2.75, 3.05) is 31.1 Å². The highest BCUT2D eigenvalue weighted by atomic mass is 19.1. The van der Waals surface area contributed by atoms with Crippen LogP contribution >= 0.6 is 0 Å². The maximum absolute atomic E-state index is 14.3. The molecule has 5 nitrogen and oxygen atoms in total. The quantitative estimate of drug-likeness (QED) is 0.729. The monoisotopic (exact) mass is 377 g/mol. The van der Waals surface area contributed by atoms with Gasteiger partial charge in [0.1, 0.15) is 5.82 Å². The van der Waals surface area contributed by atoms with Gasteiger partial charge in [-0.15, -0.1) is 0 Å². The van der Waals surface area contributed by atoms with E-state index in [4.69, 9.17) is 0 Å². The number of urea groups is 1. The normalized spacial score (nSPS) is 15.8. The second-order valence-corrected chi connectivity index (χ2v) is 7.87. The van der Waals surface area contributed by atoms with Crippen molar-refractivity contribution in [3.8, 4) is 0 Å². The van der Waals surface area contributed by atoms with Gasteiger partial charge in [0.2, 0.25) is 0 Å². The summed E-state index contributed by atoms with van der Waals surface area (Å²) in [5.74, 6) is 0.148. The molecule has 2 rings (SSSR count). The lowest BCUT2D eigenvalue weighted by Gasteiger charge is -2.36. The summed E-state index contributed by atoms with van der Waals surface area (Å²) in [5.41, 5.74) is 0.864. The summed E-state index contributed by atoms with van der Waals surface area (Å²) in [7, 11) is 0. The number of rotatable bonds is 7. The van der Waals surface area contributed by atoms with E-state index in [1.54, 1.807) is 17.0 Å². The molecule has 1 atom stereocenters. The topological polar surface area (TPSA) is 52.7 Å². The molecule has 0 saturated carbocycles. The number of anilines is 1. The maximum atomic E-state index is 14.3. The van der Waals surface area contributed by atoms with Crippen LogP contribution in [0.15, 0.2) is 18.2 Å². The van der Waals surface area contributed by atoms with Gasteiger partial charge in [-0.25, -0.2) is 9.18 Å². The van der Waals surface area contributed by atoms with Crippen LogP contribution in [0.2, 0.25) is 0 Å². The van der Waals surface area contributed by atoms with E-state index in [1.807, 2.05) is 11.8 Å². The van der Waals surface area contributed by atoms with Crippen LogP contribution in [0, 0.1) is 11.7 Å². The number of halogens is 1. The molecule has 1 saturated heterocycles. The molecule has 2 amide bonds. The maximum Gasteiger partial charge on any atom is 0.317 e. The van der Waals surface area contributed by atoms with Crippen LogP contribution in [0.4, 0.5) is 14.9 Å². The Morgan fingerprint density at radius 1 is 1.11 bits per heavy atom. The van der Waals surface area contributed by atoms with Crippen LogP contribution in [0.1, 0.15) is 57.3 Å². The number of nitrogens with one attached hydrogen (secondary N) is 1. The number of amides is 2. The van der Waals surface area contributed by atoms with E-state index in [0.29, 0.717) is 43.3 Å². The molecule has 1 N–H and O–H groups in total. The number of piperazine rings is 1. The molecule has 1 aliphatic rings. The van der Waals surface area contributed by atoms with E-state index >= 15 is 0 Å². The minimum atomic E-state index is -0.389. The highest BCUT2D eigenvalue weighted by molar-refractivity contribution is 5.94. The van der Waals surface area contributed by atoms with Gasteiger partial charge in [-0.1, -0.05) is 26.7 Å². The molecule has 0 aliphatic carbocycles. The first-order chi connectivity index (χ1) is 12.8. The molecule has 27 heavy (non-hydrogen) atoms. The highest BCUT2D eigenvalue weighted by Gasteiger charge is 2.23. The van der Waals surface area contributed by atoms with Crippen LogP contribution in [-0.2, 0) is 0 Å². The third kappa shape index (κ3) is 6.22. The average molecular weight is 378 g/mol. The third-order valence-electron chi connectivity index (χ3n) is 5.05. The Balaban J connectivity index is 1.82. The van der Waals surface area contributed by atoms with E-state index in [-0.39, 0.29) is 23.7 Å². The van der Waals surface area contributed by atoms with Crippen molar-refractivity contribution in [2.24, 2.45) is 5.92 Å². The number of carbonyl (C=O) groups is 2. The SMILES string of the molecule is CC(=O)c1ccc(N2CCN(C(=O)N[C@H](C)CCCC(C)C)CC2)c(F)c1. The minimum Gasteiger partial charge on any atom is -0.366 e. The van der Waals surface area contributed by atoms with Crippen molar-refractivity contribution >= 4 is 17.5 Å². The van der Waals surface area contributed by atoms with Gasteiger partial charge < -0.3 is 15.1 Å². The lowest BCUT2D eigenvalue weighted by molar-refractivity contribution is 0.101. The van der Waals surface area contributed by atoms with Gasteiger partial charge in [-0.3, -0.25) is 4.79 Å². The lowest BCUT2D eigenvalue weighted by atomic mass is 10.0. The molecule has 0 unspecified atom stereocenters. The molecular weight excluding hydrogens is 345 g/mol. The second kappa shape index (κ2) is 9.72. The molecule has 6 heteroatoms. The van der Waals surface area contributed by atoms with E-state index in [1.165, 1.54) is 19.4 Å². The molecule has 0 radical (unpaired) electrons. The summed E-state index contributed by atoms with van der Waals surface area (Å²) in [5, 5.41) is 3.07. The van der Waals surface area contributed by atoms with Gasteiger partial charge in [0, 0.05) is 37.8 Å². The van der Waals surface area contributed by atoms with Crippen LogP contribution in [-0.4, -0.2) is 48.9 Å². The summed E-state index contributed by atoms with van der Waals surface area (Å²) in [4.78, 5) is 27.5. The summed E-state index contributed by atoms with van der Waals surface area (Å²) in [6.45, 7) is 10.1. The average Bonchev–Trinajstić information content (AvgIpc) is 2.61. The van der Waals surface area contributed by atoms with E-state index in [2.05, 4.69) is 19.2 Å². The summed E-state index contributed by atoms with van der Waals surface area (Å²) < 4.78 is 14.3. The molecule has 1 aliphatic heterocycles. The largest absolute Gasteiger partial charge is 0.366 e. The van der Waals surface area contributed by atoms with Gasteiger partial charge in [0.05, 0.1) is 5.69 Å². The number of Topliss-reactive ketones (excluding diaryl/α,β-unsaturated/α-hetero) is 1. The Morgan fingerprint density at radius 2 is 1.78 bits per heavy atom. The summed E-state index contributed by atoms with van der Waals surface area (Å²) >= 11 is 0. The molecule has 0 bridgehead atoms. The Labute approximate surface area is 161 Å². The van der Waals surface area contributed by atoms with Crippen LogP contribution < -0.4 is 10.2 Å². The number of hydrogen-bond donors (Lipinski definition) is 1. The first kappa shape index (κ1) is 21.2. The molecule has 1 aromatic rings. The van der Waals surface area contributed by atoms with Crippen LogP contribution in [0.3, 0.4) is 0 Å². The smallest absolute Gasteiger partial charge is 0.317 e. The van der Waals surface area contributed by atoms with E-state index in [0.717, 1.165) is 12.8 Å². The summed E-state index contributed by atoms with van der Waals surface area (Å²) in [6, 6.07) is 4.71. The molecular formula is C21H32FN3O2. The molecule has 1 fully saturated rings. The fourth-order valence-electron chi connectivity index (χ4n) is 3.34. The predicted molar refractivity (Wildman–Crippen MR) is 107 cm³/mol. The van der Waals surface area contributed by atoms with E-state index in [9.17, 15) is 14.0 Å². The Morgan fingerprint density at radius 3 is 2.33 bits per heavy atom. The number of ketones is 1. The Kier molecular flexibility index (Phi) is 7.63. The van der Waals surface area contributed by atoms with Crippen molar-refractivity contribution in [3.63, 3.8) is 0 Å². The first-order valence-corrected chi connectivity index (χ1v) is 9.88. The van der Waals surface area contributed by atoms with Gasteiger partial charge in [0.25, 0.3) is 0 Å². The number of carbonyl (C=O) groups excluding carboxylic acids is 2. The molecule has 150 valence electrons. The van der Waals surface area contributed by atoms with Crippen molar-refractivity contribution in [1.29, 1.82) is 0 Å². The number of nitrogens with zero attached hydrogens (tertiary/aromatic N) is 2. The predicted octanol–water partition coefficient (Wildman–Crippen LogP) is 4.07. The minimum absolute atomic E-state index is 0.0425. The van der Waals surface area contributed by atoms with E-state index < -0.39 is 0 Å². The molecule has 0 spiro atoms. The standard InChI is InChI=1S/C21H32FN3O2/c1-15(2)6-5-7-16(3)23-21(27)25-12-10-24(11-13-25)20-9-8-18(17(4)26)14-19(20)22/h8-9,14-16H,5-7,10-13H2,1-4H3,(H,23,27)/t16-/m1/s1. The van der Waals surface area contributed by atoms with Gasteiger partial charge in [-0.05, 0) is 44.4 Å². The second-order valence-electron chi connectivity index (χ2n) is 7.87. The van der Waals surface area contributed by atoms with Gasteiger partial charge in [0.15, 0.2) is 5.78 Å². The first-order valence-electron chi connectivity index (χ1n) is 9.88. The van der Waals surface area contributed by atoms with Crippen molar-refractivity contribution in [3.05, 3.63) is 29.6 Å². The Hall–Kier alpha value is -2.11. The zero-order valence-electron chi connectivity index (χ0n) is 16.9. The molecule has 1 heterocycles. The van der Waals surface area contributed by atoms with Gasteiger partial charge >= 0.3 is 6.03 Å². The highest BCUT2D eigenvalue weighted by Crippen LogP contribution is 2.22. The fourth-order valence-corrected chi connectivity index (χ4v) is 3.34.